The predicted octanol–water partition coefficient (Wildman–Crippen LogP) is 6.24. The van der Waals surface area contributed by atoms with Crippen LogP contribution in [0.3, 0.4) is 0 Å². The molecule has 0 aliphatic heterocycles. The van der Waals surface area contributed by atoms with Gasteiger partial charge >= 0.3 is 0 Å². The first kappa shape index (κ1) is 22.4. The van der Waals surface area contributed by atoms with Crippen molar-refractivity contribution >= 4 is 34.3 Å². The summed E-state index contributed by atoms with van der Waals surface area (Å²) in [5.74, 6) is 0.470. The van der Waals surface area contributed by atoms with Crippen molar-refractivity contribution in [2.75, 3.05) is 10.6 Å². The summed E-state index contributed by atoms with van der Waals surface area (Å²) in [6, 6.07) is 10.3. The van der Waals surface area contributed by atoms with E-state index in [1.165, 1.54) is 18.9 Å². The lowest BCUT2D eigenvalue weighted by Gasteiger charge is -2.20. The molecule has 7 heteroatoms. The van der Waals surface area contributed by atoms with Gasteiger partial charge in [-0.05, 0) is 62.1 Å². The molecule has 2 fully saturated rings. The monoisotopic (exact) mass is 461 g/mol. The molecule has 1 aromatic heterocycles. The number of phenolic OH excluding ortho intramolecular Hbond substituents is 1. The molecule has 178 valence electrons. The van der Waals surface area contributed by atoms with Crippen LogP contribution in [0.2, 0.25) is 0 Å². The number of hydrogen-bond acceptors (Lipinski definition) is 5. The second-order valence-corrected chi connectivity index (χ2v) is 9.58. The van der Waals surface area contributed by atoms with Crippen LogP contribution in [0, 0.1) is 11.8 Å². The largest absolute Gasteiger partial charge is 0.507 e. The molecular weight excluding hydrogens is 430 g/mol. The van der Waals surface area contributed by atoms with Gasteiger partial charge in [0.1, 0.15) is 11.3 Å². The molecule has 1 heterocycles. The number of carbonyl (C=O) groups is 2. The summed E-state index contributed by atoms with van der Waals surface area (Å²) >= 11 is 0. The van der Waals surface area contributed by atoms with Gasteiger partial charge in [-0.15, -0.1) is 0 Å². The summed E-state index contributed by atoms with van der Waals surface area (Å²) < 4.78 is 5.89. The first-order valence-electron chi connectivity index (χ1n) is 12.4. The number of amides is 2. The number of benzene rings is 2. The van der Waals surface area contributed by atoms with Crippen LogP contribution < -0.4 is 10.6 Å². The Bertz CT molecular complexity index is 1190. The summed E-state index contributed by atoms with van der Waals surface area (Å²) in [5, 5.41) is 16.4. The van der Waals surface area contributed by atoms with Gasteiger partial charge in [0.15, 0.2) is 5.58 Å². The Labute approximate surface area is 198 Å². The highest BCUT2D eigenvalue weighted by Crippen LogP contribution is 2.35. The SMILES string of the molecule is O=C(Nc1ccc(O)c(-c2nc3cc(NC(=O)C4CCCCC4)ccc3o2)c1)C1CCCCC1. The molecule has 0 radical (unpaired) electrons. The highest BCUT2D eigenvalue weighted by atomic mass is 16.3. The summed E-state index contributed by atoms with van der Waals surface area (Å²) in [6.07, 6.45) is 10.5. The molecule has 2 saturated carbocycles. The first-order chi connectivity index (χ1) is 16.6. The summed E-state index contributed by atoms with van der Waals surface area (Å²) in [6.45, 7) is 0. The number of aromatic nitrogens is 1. The van der Waals surface area contributed by atoms with E-state index in [9.17, 15) is 14.7 Å². The van der Waals surface area contributed by atoms with Gasteiger partial charge in [-0.2, -0.15) is 0 Å². The average Bonchev–Trinajstić information content (AvgIpc) is 3.29. The van der Waals surface area contributed by atoms with Gasteiger partial charge in [-0.25, -0.2) is 4.98 Å². The van der Waals surface area contributed by atoms with Crippen LogP contribution in [0.4, 0.5) is 11.4 Å². The van der Waals surface area contributed by atoms with E-state index in [0.29, 0.717) is 28.0 Å². The number of nitrogens with zero attached hydrogens (tertiary/aromatic N) is 1. The minimum Gasteiger partial charge on any atom is -0.507 e. The second kappa shape index (κ2) is 9.87. The lowest BCUT2D eigenvalue weighted by atomic mass is 9.88. The van der Waals surface area contributed by atoms with Crippen LogP contribution in [-0.4, -0.2) is 21.9 Å². The number of carbonyl (C=O) groups excluding carboxylic acids is 2. The molecule has 34 heavy (non-hydrogen) atoms. The normalized spacial score (nSPS) is 17.5. The van der Waals surface area contributed by atoms with E-state index in [2.05, 4.69) is 15.6 Å². The molecule has 0 saturated heterocycles. The van der Waals surface area contributed by atoms with Gasteiger partial charge in [0.05, 0.1) is 5.56 Å². The minimum atomic E-state index is 0.0206. The molecule has 0 atom stereocenters. The highest BCUT2D eigenvalue weighted by molar-refractivity contribution is 5.95. The van der Waals surface area contributed by atoms with Crippen molar-refractivity contribution in [2.24, 2.45) is 11.8 Å². The Morgan fingerprint density at radius 2 is 1.35 bits per heavy atom. The van der Waals surface area contributed by atoms with Crippen molar-refractivity contribution in [2.45, 2.75) is 64.2 Å². The quantitative estimate of drug-likeness (QED) is 0.390. The van der Waals surface area contributed by atoms with Gasteiger partial charge in [-0.1, -0.05) is 38.5 Å². The van der Waals surface area contributed by atoms with Crippen molar-refractivity contribution in [1.29, 1.82) is 0 Å². The van der Waals surface area contributed by atoms with Crippen LogP contribution in [0.5, 0.6) is 5.75 Å². The van der Waals surface area contributed by atoms with Crippen molar-refractivity contribution in [3.05, 3.63) is 36.4 Å². The Kier molecular flexibility index (Phi) is 6.52. The fourth-order valence-electron chi connectivity index (χ4n) is 5.12. The zero-order chi connectivity index (χ0) is 23.5. The zero-order valence-electron chi connectivity index (χ0n) is 19.3. The van der Waals surface area contributed by atoms with Crippen molar-refractivity contribution in [1.82, 2.24) is 4.98 Å². The Hall–Kier alpha value is -3.35. The third kappa shape index (κ3) is 4.93. The standard InChI is InChI=1S/C27H31N3O4/c31-23-13-11-19(28-25(32)17-7-3-1-4-8-17)15-21(23)27-30-22-16-20(12-14-24(22)34-27)29-26(33)18-9-5-2-6-10-18/h11-18,31H,1-10H2,(H,28,32)(H,29,33). The van der Waals surface area contributed by atoms with E-state index >= 15 is 0 Å². The van der Waals surface area contributed by atoms with Crippen LogP contribution in [0.15, 0.2) is 40.8 Å². The van der Waals surface area contributed by atoms with Crippen LogP contribution in [0.1, 0.15) is 64.2 Å². The van der Waals surface area contributed by atoms with E-state index in [0.717, 1.165) is 51.4 Å². The number of hydrogen-bond donors (Lipinski definition) is 3. The molecule has 5 rings (SSSR count). The predicted molar refractivity (Wildman–Crippen MR) is 132 cm³/mol. The second-order valence-electron chi connectivity index (χ2n) is 9.58. The fourth-order valence-corrected chi connectivity index (χ4v) is 5.12. The molecule has 7 nitrogen and oxygen atoms in total. The molecular formula is C27H31N3O4. The van der Waals surface area contributed by atoms with Gasteiger partial charge < -0.3 is 20.2 Å². The molecule has 3 aromatic rings. The van der Waals surface area contributed by atoms with E-state index in [1.807, 2.05) is 0 Å². The maximum Gasteiger partial charge on any atom is 0.231 e. The lowest BCUT2D eigenvalue weighted by molar-refractivity contribution is -0.121. The average molecular weight is 462 g/mol. The minimum absolute atomic E-state index is 0.0206. The Morgan fingerprint density at radius 1 is 0.794 bits per heavy atom. The number of rotatable bonds is 5. The molecule has 2 amide bonds. The molecule has 3 N–H and O–H groups in total. The van der Waals surface area contributed by atoms with E-state index in [-0.39, 0.29) is 35.3 Å². The zero-order valence-corrected chi connectivity index (χ0v) is 19.3. The van der Waals surface area contributed by atoms with E-state index in [4.69, 9.17) is 4.42 Å². The Balaban J connectivity index is 1.33. The lowest BCUT2D eigenvalue weighted by Crippen LogP contribution is -2.24. The fraction of sp³-hybridized carbons (Fsp3) is 0.444. The Morgan fingerprint density at radius 3 is 1.97 bits per heavy atom. The van der Waals surface area contributed by atoms with Crippen molar-refractivity contribution in [3.63, 3.8) is 0 Å². The van der Waals surface area contributed by atoms with Gasteiger partial charge in [0.25, 0.3) is 0 Å². The number of phenols is 1. The maximum atomic E-state index is 12.6. The maximum absolute atomic E-state index is 12.6. The summed E-state index contributed by atoms with van der Waals surface area (Å²) in [5.41, 5.74) is 2.84. The topological polar surface area (TPSA) is 104 Å². The summed E-state index contributed by atoms with van der Waals surface area (Å²) in [7, 11) is 0. The van der Waals surface area contributed by atoms with Crippen LogP contribution >= 0.6 is 0 Å². The number of oxazole rings is 1. The highest BCUT2D eigenvalue weighted by Gasteiger charge is 2.23. The van der Waals surface area contributed by atoms with Gasteiger partial charge in [0.2, 0.25) is 17.7 Å². The number of aromatic hydroxyl groups is 1. The van der Waals surface area contributed by atoms with Crippen molar-refractivity contribution < 1.29 is 19.1 Å². The molecule has 0 unspecified atom stereocenters. The number of anilines is 2. The molecule has 2 aliphatic carbocycles. The molecule has 2 aliphatic rings. The summed E-state index contributed by atoms with van der Waals surface area (Å²) in [4.78, 5) is 29.8. The molecule has 0 spiro atoms. The van der Waals surface area contributed by atoms with Gasteiger partial charge in [-0.3, -0.25) is 9.59 Å². The smallest absolute Gasteiger partial charge is 0.231 e. The third-order valence-electron chi connectivity index (χ3n) is 7.10. The van der Waals surface area contributed by atoms with Crippen molar-refractivity contribution in [3.8, 4) is 17.2 Å². The van der Waals surface area contributed by atoms with E-state index < -0.39 is 0 Å². The molecule has 0 bridgehead atoms. The van der Waals surface area contributed by atoms with Crippen LogP contribution in [0.25, 0.3) is 22.6 Å². The third-order valence-corrected chi connectivity index (χ3v) is 7.10. The number of nitrogens with one attached hydrogen (secondary N) is 2. The van der Waals surface area contributed by atoms with E-state index in [1.54, 1.807) is 30.3 Å². The van der Waals surface area contributed by atoms with Gasteiger partial charge in [0, 0.05) is 23.2 Å². The number of fused-ring (bicyclic) bond motifs is 1. The first-order valence-corrected chi connectivity index (χ1v) is 12.4. The molecule has 2 aromatic carbocycles. The van der Waals surface area contributed by atoms with Crippen LogP contribution in [-0.2, 0) is 9.59 Å².